The predicted molar refractivity (Wildman–Crippen MR) is 168 cm³/mol. The van der Waals surface area contributed by atoms with Gasteiger partial charge in [-0.1, -0.05) is 15.9 Å². The molecule has 17 heteroatoms. The Morgan fingerprint density at radius 1 is 0.791 bits per heavy atom. The molecule has 0 spiro atoms. The van der Waals surface area contributed by atoms with Gasteiger partial charge in [0.05, 0.1) is 61.2 Å². The average molecular weight is 724 g/mol. The fourth-order valence-corrected chi connectivity index (χ4v) is 5.43. The van der Waals surface area contributed by atoms with Gasteiger partial charge in [-0.3, -0.25) is 28.8 Å². The van der Waals surface area contributed by atoms with Gasteiger partial charge in [-0.2, -0.15) is 12.6 Å². The molecule has 14 nitrogen and oxygen atoms in total. The smallest absolute Gasteiger partial charge is 0.311 e. The number of carboxylic acid groups (broad SMARTS) is 2. The Balaban J connectivity index is -0.000000640. The first-order valence-corrected chi connectivity index (χ1v) is 15.7. The van der Waals surface area contributed by atoms with Crippen molar-refractivity contribution in [1.82, 2.24) is 10.6 Å². The molecule has 2 amide bonds. The fraction of sp³-hybridized carbons (Fsp3) is 0.769. The third kappa shape index (κ3) is 24.0. The van der Waals surface area contributed by atoms with E-state index in [1.807, 2.05) is 0 Å². The van der Waals surface area contributed by atoms with E-state index in [-0.39, 0.29) is 69.1 Å². The van der Waals surface area contributed by atoms with Crippen molar-refractivity contribution >= 4 is 76.0 Å². The summed E-state index contributed by atoms with van der Waals surface area (Å²) < 4.78 is 9.35. The number of thioether (sulfide) groups is 1. The number of ether oxygens (including phenoxy) is 2. The largest absolute Gasteiger partial charge is 0.481 e. The van der Waals surface area contributed by atoms with E-state index < -0.39 is 38.8 Å². The van der Waals surface area contributed by atoms with Gasteiger partial charge in [-0.15, -0.1) is 11.8 Å². The second kappa shape index (κ2) is 25.3. The summed E-state index contributed by atoms with van der Waals surface area (Å²) in [5.74, 6) is -2.39. The molecule has 0 heterocycles. The van der Waals surface area contributed by atoms with Crippen molar-refractivity contribution in [1.29, 1.82) is 0 Å². The number of carbonyl (C=O) groups is 6. The van der Waals surface area contributed by atoms with Crippen molar-refractivity contribution in [3.8, 4) is 0 Å². The molecule has 2 atom stereocenters. The molecule has 0 aliphatic carbocycles. The van der Waals surface area contributed by atoms with Crippen LogP contribution in [0.5, 0.6) is 0 Å². The van der Waals surface area contributed by atoms with E-state index in [0.29, 0.717) is 12.2 Å². The Hall–Kier alpha value is -2.08. The molecule has 0 aromatic carbocycles. The third-order valence-corrected chi connectivity index (χ3v) is 7.41. The minimum Gasteiger partial charge on any atom is -0.481 e. The summed E-state index contributed by atoms with van der Waals surface area (Å²) in [6, 6.07) is 0. The van der Waals surface area contributed by atoms with Crippen LogP contribution < -0.4 is 10.6 Å². The SMILES string of the molecule is COC(=O)C(C)(C)CC(Br)C(=O)NCCO.COC(=O)C(C)(C)CC(SCCC(=O)O)C(=O)NCCO.O=C(O)CCS. The average Bonchev–Trinajstić information content (AvgIpc) is 2.92. The number of aliphatic carboxylic acids is 2. The Bertz CT molecular complexity index is 875. The zero-order valence-electron chi connectivity index (χ0n) is 25.5. The zero-order chi connectivity index (χ0) is 34.2. The van der Waals surface area contributed by atoms with E-state index in [9.17, 15) is 28.8 Å². The van der Waals surface area contributed by atoms with E-state index in [0.717, 1.165) is 0 Å². The van der Waals surface area contributed by atoms with Gasteiger partial charge >= 0.3 is 23.9 Å². The van der Waals surface area contributed by atoms with Crippen molar-refractivity contribution in [3.05, 3.63) is 0 Å². The van der Waals surface area contributed by atoms with Gasteiger partial charge in [0.1, 0.15) is 0 Å². The number of carboxylic acids is 2. The van der Waals surface area contributed by atoms with Crippen molar-refractivity contribution in [2.24, 2.45) is 10.8 Å². The van der Waals surface area contributed by atoms with Crippen LogP contribution in [0.1, 0.15) is 53.4 Å². The number of halogens is 1. The number of esters is 2. The van der Waals surface area contributed by atoms with Crippen LogP contribution in [0.4, 0.5) is 0 Å². The number of aliphatic hydroxyl groups is 2. The third-order valence-electron chi connectivity index (χ3n) is 5.22. The Morgan fingerprint density at radius 3 is 1.56 bits per heavy atom. The highest BCUT2D eigenvalue weighted by Gasteiger charge is 2.35. The maximum atomic E-state index is 12.0. The second-order valence-electron chi connectivity index (χ2n) is 10.0. The quantitative estimate of drug-likeness (QED) is 0.0598. The number of nitrogens with one attached hydrogen (secondary N) is 2. The van der Waals surface area contributed by atoms with Crippen molar-refractivity contribution in [2.75, 3.05) is 52.0 Å². The number of alkyl halides is 1. The van der Waals surface area contributed by atoms with Gasteiger partial charge < -0.3 is 40.5 Å². The molecule has 2 unspecified atom stereocenters. The summed E-state index contributed by atoms with van der Waals surface area (Å²) >= 11 is 8.07. The number of rotatable bonds is 18. The maximum absolute atomic E-state index is 12.0. The molecule has 0 saturated carbocycles. The van der Waals surface area contributed by atoms with Crippen molar-refractivity contribution < 1.29 is 58.7 Å². The molecule has 0 aromatic rings. The topological polar surface area (TPSA) is 226 Å². The summed E-state index contributed by atoms with van der Waals surface area (Å²) in [7, 11) is 2.60. The van der Waals surface area contributed by atoms with Crippen LogP contribution in [-0.4, -0.2) is 118 Å². The van der Waals surface area contributed by atoms with Gasteiger partial charge in [-0.05, 0) is 40.5 Å². The van der Waals surface area contributed by atoms with E-state index in [1.165, 1.54) is 26.0 Å². The van der Waals surface area contributed by atoms with Gasteiger partial charge in [0.25, 0.3) is 0 Å². The fourth-order valence-electron chi connectivity index (χ4n) is 2.92. The van der Waals surface area contributed by atoms with Gasteiger partial charge in [0.15, 0.2) is 0 Å². The van der Waals surface area contributed by atoms with Crippen LogP contribution in [-0.2, 0) is 38.2 Å². The molecule has 6 N–H and O–H groups in total. The normalized spacial score (nSPS) is 12.1. The van der Waals surface area contributed by atoms with Crippen molar-refractivity contribution in [2.45, 2.75) is 63.5 Å². The highest BCUT2D eigenvalue weighted by Crippen LogP contribution is 2.30. The molecule has 43 heavy (non-hydrogen) atoms. The highest BCUT2D eigenvalue weighted by atomic mass is 79.9. The lowest BCUT2D eigenvalue weighted by atomic mass is 9.87. The molecule has 0 aromatic heterocycles. The maximum Gasteiger partial charge on any atom is 0.311 e. The molecule has 0 bridgehead atoms. The molecule has 0 rings (SSSR count). The molecule has 0 aliphatic heterocycles. The van der Waals surface area contributed by atoms with E-state index in [2.05, 4.69) is 43.9 Å². The summed E-state index contributed by atoms with van der Waals surface area (Å²) in [5.41, 5.74) is -1.58. The van der Waals surface area contributed by atoms with Crippen LogP contribution in [0.2, 0.25) is 0 Å². The summed E-state index contributed by atoms with van der Waals surface area (Å²) in [5, 5.41) is 38.3. The van der Waals surface area contributed by atoms with Crippen LogP contribution >= 0.6 is 40.3 Å². The first kappa shape index (κ1) is 45.4. The van der Waals surface area contributed by atoms with Crippen LogP contribution in [0.25, 0.3) is 0 Å². The predicted octanol–water partition coefficient (Wildman–Crippen LogP) is 1.10. The van der Waals surface area contributed by atoms with Crippen molar-refractivity contribution in [3.63, 3.8) is 0 Å². The lowest BCUT2D eigenvalue weighted by Crippen LogP contribution is -2.39. The number of carbonyl (C=O) groups excluding carboxylic acids is 4. The van der Waals surface area contributed by atoms with Gasteiger partial charge in [-0.25, -0.2) is 0 Å². The second-order valence-corrected chi connectivity index (χ2v) is 12.9. The summed E-state index contributed by atoms with van der Waals surface area (Å²) in [6.45, 7) is 6.81. The van der Waals surface area contributed by atoms with E-state index in [1.54, 1.807) is 27.7 Å². The summed E-state index contributed by atoms with van der Waals surface area (Å²) in [4.78, 5) is 66.2. The van der Waals surface area contributed by atoms with Crippen LogP contribution in [0.15, 0.2) is 0 Å². The Morgan fingerprint density at radius 2 is 1.21 bits per heavy atom. The molecule has 252 valence electrons. The number of amides is 2. The Kier molecular flexibility index (Phi) is 26.6. The minimum atomic E-state index is -0.941. The highest BCUT2D eigenvalue weighted by molar-refractivity contribution is 9.10. The standard InChI is InChI=1S/C13H23NO6S.C10H18BrNO4.C3H6O2S/c1-13(2,12(19)20-3)8-9(11(18)14-5-6-15)21-7-4-10(16)17;1-10(2,9(15)16-3)6-7(11)8(14)12-4-5-13;4-3(5)1-2-6/h9,15H,4-8H2,1-3H3,(H,14,18)(H,16,17);7,13H,4-6H2,1-3H3,(H,12,14);6H,1-2H2,(H,4,5). The first-order chi connectivity index (χ1) is 19.9. The number of thiol groups is 1. The molecule has 0 saturated heterocycles. The molecule has 0 aliphatic rings. The number of hydrogen-bond acceptors (Lipinski definition) is 12. The first-order valence-electron chi connectivity index (χ1n) is 13.1. The molecular weight excluding hydrogens is 676 g/mol. The zero-order valence-corrected chi connectivity index (χ0v) is 28.8. The monoisotopic (exact) mass is 722 g/mol. The Labute approximate surface area is 270 Å². The van der Waals surface area contributed by atoms with E-state index in [4.69, 9.17) is 25.2 Å². The lowest BCUT2D eigenvalue weighted by Gasteiger charge is -2.26. The number of hydrogen-bond donors (Lipinski definition) is 7. The lowest BCUT2D eigenvalue weighted by molar-refractivity contribution is -0.152. The van der Waals surface area contributed by atoms with E-state index >= 15 is 0 Å². The minimum absolute atomic E-state index is 0.0624. The summed E-state index contributed by atoms with van der Waals surface area (Å²) in [6.07, 6.45) is 0.647. The number of methoxy groups -OCH3 is 2. The molecule has 0 fully saturated rings. The van der Waals surface area contributed by atoms with Crippen LogP contribution in [0, 0.1) is 10.8 Å². The van der Waals surface area contributed by atoms with Crippen LogP contribution in [0.3, 0.4) is 0 Å². The van der Waals surface area contributed by atoms with Gasteiger partial charge in [0.2, 0.25) is 11.8 Å². The molecular formula is C26H47BrN2O12S2. The number of aliphatic hydroxyl groups excluding tert-OH is 2. The molecule has 0 radical (unpaired) electrons. The van der Waals surface area contributed by atoms with Gasteiger partial charge in [0, 0.05) is 24.6 Å².